The van der Waals surface area contributed by atoms with Crippen molar-refractivity contribution >= 4 is 40.3 Å². The number of hydrogen-bond acceptors (Lipinski definition) is 6. The first-order valence-electron chi connectivity index (χ1n) is 11.8. The Bertz CT molecular complexity index is 1410. The molecule has 1 aromatic heterocycles. The Kier molecular flexibility index (Phi) is 6.72. The molecule has 0 aliphatic heterocycles. The van der Waals surface area contributed by atoms with Crippen LogP contribution in [0.5, 0.6) is 0 Å². The number of fused-ring (bicyclic) bond motifs is 1. The third-order valence-corrected chi connectivity index (χ3v) is 5.98. The van der Waals surface area contributed by atoms with Crippen LogP contribution in [0.4, 0.5) is 11.4 Å². The molecule has 1 aliphatic rings. The lowest BCUT2D eigenvalue weighted by molar-refractivity contribution is -0.124. The summed E-state index contributed by atoms with van der Waals surface area (Å²) in [5.41, 5.74) is 10.3. The number of amides is 2. The van der Waals surface area contributed by atoms with Crippen LogP contribution >= 0.6 is 0 Å². The Morgan fingerprint density at radius 1 is 1.03 bits per heavy atom. The van der Waals surface area contributed by atoms with E-state index in [9.17, 15) is 9.59 Å². The Morgan fingerprint density at radius 2 is 1.78 bits per heavy atom. The number of nitrogen functional groups attached to an aromatic ring is 1. The van der Waals surface area contributed by atoms with Crippen molar-refractivity contribution in [3.63, 3.8) is 0 Å². The van der Waals surface area contributed by atoms with E-state index < -0.39 is 6.04 Å². The standard InChI is InChI=1S/C27H27N7O2/c28-21-5-1-2-6-22(21)31-25(35)16-11-18-9-12-19(13-10-18)26(30-20-14-15-20)27(36)29-17-34-24-8-4-3-7-23(24)32-33-34/h1-13,16,20,26,30H,14-15,17,28H2,(H,29,36)(H,31,35). The van der Waals surface area contributed by atoms with Crippen molar-refractivity contribution in [3.8, 4) is 0 Å². The molecule has 1 aliphatic carbocycles. The number of anilines is 2. The molecule has 1 saturated carbocycles. The van der Waals surface area contributed by atoms with E-state index in [1.165, 1.54) is 6.08 Å². The van der Waals surface area contributed by atoms with Gasteiger partial charge in [0.25, 0.3) is 0 Å². The van der Waals surface area contributed by atoms with E-state index in [1.807, 2.05) is 60.7 Å². The fraction of sp³-hybridized carbons (Fsp3) is 0.185. The van der Waals surface area contributed by atoms with E-state index in [1.54, 1.807) is 22.9 Å². The van der Waals surface area contributed by atoms with Crippen molar-refractivity contribution in [2.24, 2.45) is 0 Å². The highest BCUT2D eigenvalue weighted by Gasteiger charge is 2.29. The first kappa shape index (κ1) is 23.3. The van der Waals surface area contributed by atoms with Crippen molar-refractivity contribution < 1.29 is 9.59 Å². The number of carbonyl (C=O) groups is 2. The quantitative estimate of drug-likeness (QED) is 0.215. The number of rotatable bonds is 9. The summed E-state index contributed by atoms with van der Waals surface area (Å²) in [6.07, 6.45) is 5.28. The fourth-order valence-electron chi connectivity index (χ4n) is 3.85. The number of nitrogens with two attached hydrogens (primary N) is 1. The molecule has 0 spiro atoms. The number of carbonyl (C=O) groups excluding carboxylic acids is 2. The fourth-order valence-corrected chi connectivity index (χ4v) is 3.85. The number of para-hydroxylation sites is 3. The first-order valence-corrected chi connectivity index (χ1v) is 11.8. The van der Waals surface area contributed by atoms with Crippen molar-refractivity contribution in [1.82, 2.24) is 25.6 Å². The van der Waals surface area contributed by atoms with E-state index in [2.05, 4.69) is 26.3 Å². The smallest absolute Gasteiger partial charge is 0.248 e. The topological polar surface area (TPSA) is 127 Å². The van der Waals surface area contributed by atoms with Gasteiger partial charge in [0.05, 0.1) is 16.9 Å². The molecule has 4 aromatic rings. The van der Waals surface area contributed by atoms with Gasteiger partial charge >= 0.3 is 0 Å². The summed E-state index contributed by atoms with van der Waals surface area (Å²) in [4.78, 5) is 25.4. The summed E-state index contributed by atoms with van der Waals surface area (Å²) in [5, 5.41) is 17.4. The van der Waals surface area contributed by atoms with Crippen LogP contribution in [0, 0.1) is 0 Å². The Balaban J connectivity index is 1.23. The molecular weight excluding hydrogens is 454 g/mol. The molecule has 36 heavy (non-hydrogen) atoms. The van der Waals surface area contributed by atoms with Gasteiger partial charge in [0.2, 0.25) is 11.8 Å². The van der Waals surface area contributed by atoms with Gasteiger partial charge in [-0.15, -0.1) is 5.10 Å². The van der Waals surface area contributed by atoms with Crippen LogP contribution in [0.3, 0.4) is 0 Å². The van der Waals surface area contributed by atoms with Gasteiger partial charge in [0, 0.05) is 12.1 Å². The summed E-state index contributed by atoms with van der Waals surface area (Å²) >= 11 is 0. The molecule has 5 rings (SSSR count). The van der Waals surface area contributed by atoms with Crippen molar-refractivity contribution in [2.45, 2.75) is 31.6 Å². The molecular formula is C27H27N7O2. The Labute approximate surface area is 208 Å². The highest BCUT2D eigenvalue weighted by molar-refractivity contribution is 6.03. The highest BCUT2D eigenvalue weighted by Crippen LogP contribution is 2.25. The summed E-state index contributed by atoms with van der Waals surface area (Å²) in [6, 6.07) is 22.1. The lowest BCUT2D eigenvalue weighted by Gasteiger charge is -2.19. The summed E-state index contributed by atoms with van der Waals surface area (Å²) in [6.45, 7) is 0.226. The molecule has 5 N–H and O–H groups in total. The minimum atomic E-state index is -0.491. The third-order valence-electron chi connectivity index (χ3n) is 5.98. The van der Waals surface area contributed by atoms with Gasteiger partial charge in [-0.2, -0.15) is 0 Å². The summed E-state index contributed by atoms with van der Waals surface area (Å²) in [5.74, 6) is -0.408. The minimum absolute atomic E-state index is 0.135. The van der Waals surface area contributed by atoms with Gasteiger partial charge in [0.15, 0.2) is 0 Å². The molecule has 1 fully saturated rings. The molecule has 1 atom stereocenters. The molecule has 0 radical (unpaired) electrons. The van der Waals surface area contributed by atoms with Gasteiger partial charge < -0.3 is 16.4 Å². The molecule has 2 amide bonds. The maximum Gasteiger partial charge on any atom is 0.248 e. The lowest BCUT2D eigenvalue weighted by atomic mass is 10.0. The SMILES string of the molecule is Nc1ccccc1NC(=O)C=Cc1ccc(C(NC2CC2)C(=O)NCn2nnc3ccccc32)cc1. The number of nitrogens with zero attached hydrogens (tertiary/aromatic N) is 3. The Hall–Kier alpha value is -4.50. The zero-order chi connectivity index (χ0) is 24.9. The van der Waals surface area contributed by atoms with Gasteiger partial charge in [-0.05, 0) is 54.3 Å². The van der Waals surface area contributed by atoms with Gasteiger partial charge in [-0.3, -0.25) is 14.9 Å². The van der Waals surface area contributed by atoms with Gasteiger partial charge in [-0.25, -0.2) is 4.68 Å². The summed E-state index contributed by atoms with van der Waals surface area (Å²) in [7, 11) is 0. The molecule has 9 heteroatoms. The molecule has 9 nitrogen and oxygen atoms in total. The monoisotopic (exact) mass is 481 g/mol. The Morgan fingerprint density at radius 3 is 2.56 bits per heavy atom. The van der Waals surface area contributed by atoms with Crippen LogP contribution in [0.1, 0.15) is 30.0 Å². The second-order valence-electron chi connectivity index (χ2n) is 8.73. The van der Waals surface area contributed by atoms with Crippen LogP contribution < -0.4 is 21.7 Å². The third kappa shape index (κ3) is 5.59. The van der Waals surface area contributed by atoms with Crippen molar-refractivity contribution in [3.05, 3.63) is 90.0 Å². The molecule has 1 heterocycles. The largest absolute Gasteiger partial charge is 0.397 e. The minimum Gasteiger partial charge on any atom is -0.397 e. The van der Waals surface area contributed by atoms with E-state index in [0.29, 0.717) is 17.4 Å². The number of benzene rings is 3. The average molecular weight is 482 g/mol. The normalized spacial score (nSPS) is 14.1. The second-order valence-corrected chi connectivity index (χ2v) is 8.73. The lowest BCUT2D eigenvalue weighted by Crippen LogP contribution is -2.39. The predicted molar refractivity (Wildman–Crippen MR) is 140 cm³/mol. The van der Waals surface area contributed by atoms with E-state index in [0.717, 1.165) is 35.0 Å². The zero-order valence-electron chi connectivity index (χ0n) is 19.6. The summed E-state index contributed by atoms with van der Waals surface area (Å²) < 4.78 is 1.67. The van der Waals surface area contributed by atoms with Gasteiger partial charge in [0.1, 0.15) is 18.2 Å². The number of nitrogens with one attached hydrogen (secondary N) is 3. The predicted octanol–water partition coefficient (Wildman–Crippen LogP) is 3.23. The van der Waals surface area contributed by atoms with Crippen molar-refractivity contribution in [1.29, 1.82) is 0 Å². The van der Waals surface area contributed by atoms with Crippen LogP contribution in [0.2, 0.25) is 0 Å². The number of aromatic nitrogens is 3. The van der Waals surface area contributed by atoms with Crippen molar-refractivity contribution in [2.75, 3.05) is 11.1 Å². The highest BCUT2D eigenvalue weighted by atomic mass is 16.2. The average Bonchev–Trinajstić information content (AvgIpc) is 3.63. The van der Waals surface area contributed by atoms with E-state index in [4.69, 9.17) is 5.73 Å². The molecule has 1 unspecified atom stereocenters. The number of hydrogen-bond donors (Lipinski definition) is 4. The van der Waals surface area contributed by atoms with E-state index >= 15 is 0 Å². The molecule has 3 aromatic carbocycles. The van der Waals surface area contributed by atoms with Crippen LogP contribution in [-0.2, 0) is 16.3 Å². The van der Waals surface area contributed by atoms with Crippen LogP contribution in [0.15, 0.2) is 78.9 Å². The van der Waals surface area contributed by atoms with Crippen LogP contribution in [-0.4, -0.2) is 32.9 Å². The maximum absolute atomic E-state index is 13.1. The van der Waals surface area contributed by atoms with E-state index in [-0.39, 0.29) is 18.5 Å². The maximum atomic E-state index is 13.1. The first-order chi connectivity index (χ1) is 17.6. The molecule has 0 bridgehead atoms. The molecule has 0 saturated heterocycles. The van der Waals surface area contributed by atoms with Crippen LogP contribution in [0.25, 0.3) is 17.1 Å². The van der Waals surface area contributed by atoms with Gasteiger partial charge in [-0.1, -0.05) is 53.7 Å². The second kappa shape index (κ2) is 10.4. The zero-order valence-corrected chi connectivity index (χ0v) is 19.6. The molecule has 182 valence electrons.